The third kappa shape index (κ3) is 4.11. The van der Waals surface area contributed by atoms with Crippen molar-refractivity contribution < 1.29 is 22.6 Å². The molecular formula is C15H26O5S2. The van der Waals surface area contributed by atoms with Gasteiger partial charge in [0.2, 0.25) is 0 Å². The van der Waals surface area contributed by atoms with Gasteiger partial charge in [0.1, 0.15) is 5.78 Å². The second kappa shape index (κ2) is 6.61. The molecule has 5 nitrogen and oxygen atoms in total. The Labute approximate surface area is 136 Å². The molecule has 2 unspecified atom stereocenters. The third-order valence-electron chi connectivity index (χ3n) is 5.05. The molecule has 0 radical (unpaired) electrons. The molecule has 2 aliphatic rings. The number of rotatable bonds is 4. The molecule has 0 aromatic heterocycles. The monoisotopic (exact) mass is 350 g/mol. The van der Waals surface area contributed by atoms with Gasteiger partial charge in [-0.15, -0.1) is 0 Å². The van der Waals surface area contributed by atoms with Crippen LogP contribution in [-0.2, 0) is 30.6 Å². The molecule has 7 heteroatoms. The molecule has 2 fully saturated rings. The number of hydrogen-bond donors (Lipinski definition) is 0. The Balaban J connectivity index is 0.000000295. The molecule has 22 heavy (non-hydrogen) atoms. The lowest BCUT2D eigenvalue weighted by atomic mass is 9.70. The van der Waals surface area contributed by atoms with Crippen molar-refractivity contribution in [3.63, 3.8) is 0 Å². The normalized spacial score (nSPS) is 29.4. The number of carbonyl (C=O) groups excluding carboxylic acids is 2. The molecule has 0 amide bonds. The molecule has 2 bridgehead atoms. The summed E-state index contributed by atoms with van der Waals surface area (Å²) in [6.07, 6.45) is 6.02. The van der Waals surface area contributed by atoms with Crippen molar-refractivity contribution in [2.75, 3.05) is 24.0 Å². The molecule has 2 atom stereocenters. The van der Waals surface area contributed by atoms with E-state index >= 15 is 0 Å². The van der Waals surface area contributed by atoms with Crippen LogP contribution in [-0.4, -0.2) is 48.6 Å². The lowest BCUT2D eigenvalue weighted by molar-refractivity contribution is -0.128. The van der Waals surface area contributed by atoms with Crippen molar-refractivity contribution in [2.24, 2.45) is 16.7 Å². The summed E-state index contributed by atoms with van der Waals surface area (Å²) in [4.78, 5) is 22.1. The van der Waals surface area contributed by atoms with Gasteiger partial charge in [0, 0.05) is 11.8 Å². The Kier molecular flexibility index (Phi) is 5.90. The van der Waals surface area contributed by atoms with Gasteiger partial charge >= 0.3 is 0 Å². The van der Waals surface area contributed by atoms with Crippen molar-refractivity contribution in [2.45, 2.75) is 40.0 Å². The number of Topliss-reactive ketones (excluding diaryl/α,β-unsaturated/α-hetero) is 2. The molecule has 0 aromatic rings. The van der Waals surface area contributed by atoms with Gasteiger partial charge in [-0.1, -0.05) is 13.8 Å². The highest BCUT2D eigenvalue weighted by molar-refractivity contribution is 7.96. The molecule has 128 valence electrons. The predicted octanol–water partition coefficient (Wildman–Crippen LogP) is 1.38. The minimum Gasteiger partial charge on any atom is -0.748 e. The Morgan fingerprint density at radius 3 is 2.14 bits per heavy atom. The quantitative estimate of drug-likeness (QED) is 0.564. The van der Waals surface area contributed by atoms with E-state index in [-0.39, 0.29) is 17.1 Å². The number of carbonyl (C=O) groups is 2. The SMILES string of the molecule is CC(=O)C[S+](C)C.CC1(C)C2CCC1(CS(=O)(=O)[O-])C(=O)C2. The Morgan fingerprint density at radius 1 is 1.36 bits per heavy atom. The van der Waals surface area contributed by atoms with Crippen LogP contribution in [0.15, 0.2) is 0 Å². The molecule has 0 aliphatic heterocycles. The smallest absolute Gasteiger partial charge is 0.178 e. The molecule has 2 saturated carbocycles. The van der Waals surface area contributed by atoms with E-state index in [1.807, 2.05) is 13.8 Å². The van der Waals surface area contributed by atoms with Crippen LogP contribution >= 0.6 is 0 Å². The van der Waals surface area contributed by atoms with E-state index in [1.54, 1.807) is 6.92 Å². The highest BCUT2D eigenvalue weighted by Gasteiger charge is 2.64. The fourth-order valence-electron chi connectivity index (χ4n) is 3.82. The van der Waals surface area contributed by atoms with Crippen LogP contribution in [0.4, 0.5) is 0 Å². The van der Waals surface area contributed by atoms with E-state index in [4.69, 9.17) is 0 Å². The standard InChI is InChI=1S/C10H16O4S.C5H11OS/c1-9(2)7-3-4-10(9,8(11)5-7)6-15(12,13)14;1-5(6)4-7(2)3/h7H,3-6H2,1-2H3,(H,12,13,14);4H2,1-3H3/q;+1/p-1. The fourth-order valence-corrected chi connectivity index (χ4v) is 5.91. The van der Waals surface area contributed by atoms with Crippen molar-refractivity contribution in [1.82, 2.24) is 0 Å². The third-order valence-corrected chi connectivity index (χ3v) is 6.88. The fraction of sp³-hybridized carbons (Fsp3) is 0.867. The van der Waals surface area contributed by atoms with Crippen molar-refractivity contribution in [3.8, 4) is 0 Å². The molecule has 2 aliphatic carbocycles. The molecule has 2 rings (SSSR count). The second-order valence-corrected chi connectivity index (χ2v) is 10.9. The summed E-state index contributed by atoms with van der Waals surface area (Å²) in [6.45, 7) is 5.47. The van der Waals surface area contributed by atoms with Gasteiger partial charge in [0.15, 0.2) is 11.5 Å². The van der Waals surface area contributed by atoms with Crippen molar-refractivity contribution in [1.29, 1.82) is 0 Å². The topological polar surface area (TPSA) is 91.3 Å². The zero-order valence-corrected chi connectivity index (χ0v) is 15.6. The lowest BCUT2D eigenvalue weighted by Crippen LogP contribution is -2.42. The molecule has 0 heterocycles. The number of fused-ring (bicyclic) bond motifs is 2. The van der Waals surface area contributed by atoms with Crippen molar-refractivity contribution in [3.05, 3.63) is 0 Å². The first-order valence-corrected chi connectivity index (χ1v) is 11.1. The maximum absolute atomic E-state index is 11.8. The largest absolute Gasteiger partial charge is 0.748 e. The van der Waals surface area contributed by atoms with Gasteiger partial charge in [-0.25, -0.2) is 8.42 Å². The average Bonchev–Trinajstić information content (AvgIpc) is 2.59. The summed E-state index contributed by atoms with van der Waals surface area (Å²) in [5, 5.41) is 0. The zero-order chi connectivity index (χ0) is 17.3. The highest BCUT2D eigenvalue weighted by Crippen LogP contribution is 2.64. The summed E-state index contributed by atoms with van der Waals surface area (Å²) in [5.41, 5.74) is -1.22. The summed E-state index contributed by atoms with van der Waals surface area (Å²) < 4.78 is 32.7. The van der Waals surface area contributed by atoms with Gasteiger partial charge in [0.25, 0.3) is 0 Å². The minimum atomic E-state index is -4.33. The van der Waals surface area contributed by atoms with Crippen LogP contribution < -0.4 is 0 Å². The van der Waals surface area contributed by atoms with Gasteiger partial charge in [-0.3, -0.25) is 9.59 Å². The number of ketones is 2. The van der Waals surface area contributed by atoms with Crippen LogP contribution in [0.25, 0.3) is 0 Å². The van der Waals surface area contributed by atoms with Crippen molar-refractivity contribution >= 4 is 32.6 Å². The highest BCUT2D eigenvalue weighted by atomic mass is 32.2. The van der Waals surface area contributed by atoms with Crippen LogP contribution in [0.1, 0.15) is 40.0 Å². The molecule has 0 N–H and O–H groups in total. The summed E-state index contributed by atoms with van der Waals surface area (Å²) in [7, 11) is -4.02. The van der Waals surface area contributed by atoms with E-state index in [1.165, 1.54) is 0 Å². The molecule has 0 spiro atoms. The minimum absolute atomic E-state index is 0.0248. The van der Waals surface area contributed by atoms with E-state index in [0.717, 1.165) is 12.2 Å². The van der Waals surface area contributed by atoms with E-state index in [2.05, 4.69) is 12.5 Å². The maximum Gasteiger partial charge on any atom is 0.178 e. The Bertz CT molecular complexity index is 550. The first-order chi connectivity index (χ1) is 9.82. The number of hydrogen-bond acceptors (Lipinski definition) is 5. The van der Waals surface area contributed by atoms with Crippen LogP contribution in [0.3, 0.4) is 0 Å². The van der Waals surface area contributed by atoms with E-state index in [9.17, 15) is 22.6 Å². The van der Waals surface area contributed by atoms with Crippen LogP contribution in [0.2, 0.25) is 0 Å². The molecule has 0 saturated heterocycles. The first kappa shape index (κ1) is 19.6. The van der Waals surface area contributed by atoms with Gasteiger partial charge in [0.05, 0.1) is 28.4 Å². The summed E-state index contributed by atoms with van der Waals surface area (Å²) in [5.74, 6) is 0.769. The average molecular weight is 351 g/mol. The summed E-state index contributed by atoms with van der Waals surface area (Å²) in [6, 6.07) is 0. The maximum atomic E-state index is 11.8. The molecular weight excluding hydrogens is 324 g/mol. The zero-order valence-electron chi connectivity index (χ0n) is 14.0. The van der Waals surface area contributed by atoms with E-state index in [0.29, 0.717) is 29.5 Å². The van der Waals surface area contributed by atoms with Gasteiger partial charge in [-0.2, -0.15) is 0 Å². The molecule has 0 aromatic carbocycles. The predicted molar refractivity (Wildman–Crippen MR) is 87.9 cm³/mol. The van der Waals surface area contributed by atoms with E-state index < -0.39 is 21.3 Å². The second-order valence-electron chi connectivity index (χ2n) is 7.20. The lowest BCUT2D eigenvalue weighted by Gasteiger charge is -2.37. The van der Waals surface area contributed by atoms with Crippen LogP contribution in [0, 0.1) is 16.7 Å². The van der Waals surface area contributed by atoms with Gasteiger partial charge < -0.3 is 4.55 Å². The Hall–Kier alpha value is -0.400. The van der Waals surface area contributed by atoms with Crippen LogP contribution in [0.5, 0.6) is 0 Å². The first-order valence-electron chi connectivity index (χ1n) is 7.32. The van der Waals surface area contributed by atoms with Gasteiger partial charge in [-0.05, 0) is 42.0 Å². The Morgan fingerprint density at radius 2 is 1.91 bits per heavy atom. The summed E-state index contributed by atoms with van der Waals surface area (Å²) >= 11 is 0.